The summed E-state index contributed by atoms with van der Waals surface area (Å²) >= 11 is 0. The fourth-order valence-electron chi connectivity index (χ4n) is 3.70. The summed E-state index contributed by atoms with van der Waals surface area (Å²) in [7, 11) is 0. The average molecular weight is 353 g/mol. The van der Waals surface area contributed by atoms with Gasteiger partial charge in [0.05, 0.1) is 23.2 Å². The minimum Gasteiger partial charge on any atom is -0.363 e. The van der Waals surface area contributed by atoms with Crippen molar-refractivity contribution in [2.75, 3.05) is 23.3 Å². The van der Waals surface area contributed by atoms with Crippen molar-refractivity contribution in [3.8, 4) is 0 Å². The zero-order valence-corrected chi connectivity index (χ0v) is 15.1. The largest absolute Gasteiger partial charge is 0.363 e. The minimum atomic E-state index is -0.409. The molecule has 2 fully saturated rings. The van der Waals surface area contributed by atoms with E-state index in [1.165, 1.54) is 0 Å². The molecule has 0 saturated carbocycles. The first kappa shape index (κ1) is 16.9. The molecule has 1 N–H and O–H groups in total. The number of ether oxygens (including phenoxy) is 1. The molecule has 4 heterocycles. The average Bonchev–Trinajstić information content (AvgIpc) is 3.07. The Labute approximate surface area is 152 Å². The molecule has 7 nitrogen and oxygen atoms in total. The maximum atomic E-state index is 12.6. The molecule has 7 heteroatoms. The van der Waals surface area contributed by atoms with Crippen LogP contribution in [0.1, 0.15) is 24.2 Å². The van der Waals surface area contributed by atoms with Crippen LogP contribution in [-0.2, 0) is 9.53 Å². The number of anilines is 2. The topological polar surface area (TPSA) is 80.2 Å². The molecule has 1 amide bonds. The number of nitrogens with zero attached hydrogens (tertiary/aromatic N) is 4. The second-order valence-electron chi connectivity index (χ2n) is 7.05. The molecule has 2 aliphatic rings. The Morgan fingerprint density at radius 2 is 2.15 bits per heavy atom. The fourth-order valence-corrected chi connectivity index (χ4v) is 3.70. The Balaban J connectivity index is 1.39. The van der Waals surface area contributed by atoms with E-state index in [-0.39, 0.29) is 12.0 Å². The Hall–Kier alpha value is -2.54. The second kappa shape index (κ2) is 6.99. The number of carbonyl (C=O) groups is 1. The van der Waals surface area contributed by atoms with Crippen LogP contribution in [0.4, 0.5) is 11.5 Å². The highest BCUT2D eigenvalue weighted by molar-refractivity contribution is 5.94. The minimum absolute atomic E-state index is 0.0533. The van der Waals surface area contributed by atoms with Crippen LogP contribution in [0.2, 0.25) is 0 Å². The number of aryl methyl sites for hydroxylation is 2. The fraction of sp³-hybridized carbons (Fsp3) is 0.474. The third kappa shape index (κ3) is 3.39. The molecule has 26 heavy (non-hydrogen) atoms. The van der Waals surface area contributed by atoms with Gasteiger partial charge in [0.25, 0.3) is 5.91 Å². The summed E-state index contributed by atoms with van der Waals surface area (Å²) < 4.78 is 6.09. The van der Waals surface area contributed by atoms with Crippen molar-refractivity contribution in [2.24, 2.45) is 5.92 Å². The van der Waals surface area contributed by atoms with E-state index < -0.39 is 6.10 Å². The molecule has 4 rings (SSSR count). The highest BCUT2D eigenvalue weighted by Gasteiger charge is 2.42. The number of aromatic nitrogens is 3. The van der Waals surface area contributed by atoms with E-state index in [1.807, 2.05) is 38.1 Å². The molecule has 136 valence electrons. The first-order valence-corrected chi connectivity index (χ1v) is 9.03. The standard InChI is InChI=1S/C19H23N5O2/c1-12-5-6-18(23-22-12)24-9-7-14-10-16(26-17(14)11-24)19(25)21-15-4-3-8-20-13(15)2/h3-6,8,14,16-17H,7,9-11H2,1-2H3,(H,21,25)/t14-,16+,17+/m1/s1. The van der Waals surface area contributed by atoms with Gasteiger partial charge in [-0.05, 0) is 56.9 Å². The summed E-state index contributed by atoms with van der Waals surface area (Å²) in [6.45, 7) is 5.47. The lowest BCUT2D eigenvalue weighted by Gasteiger charge is -2.34. The number of hydrogen-bond donors (Lipinski definition) is 1. The van der Waals surface area contributed by atoms with Crippen LogP contribution in [0.3, 0.4) is 0 Å². The number of pyridine rings is 1. The molecule has 0 aromatic carbocycles. The van der Waals surface area contributed by atoms with Crippen molar-refractivity contribution < 1.29 is 9.53 Å². The molecule has 0 unspecified atom stereocenters. The van der Waals surface area contributed by atoms with Gasteiger partial charge in [-0.3, -0.25) is 9.78 Å². The van der Waals surface area contributed by atoms with E-state index >= 15 is 0 Å². The Morgan fingerprint density at radius 1 is 1.27 bits per heavy atom. The first-order valence-electron chi connectivity index (χ1n) is 9.03. The lowest BCUT2D eigenvalue weighted by atomic mass is 9.91. The van der Waals surface area contributed by atoms with Gasteiger partial charge in [-0.25, -0.2) is 0 Å². The van der Waals surface area contributed by atoms with Gasteiger partial charge < -0.3 is 15.0 Å². The van der Waals surface area contributed by atoms with E-state index in [9.17, 15) is 4.79 Å². The highest BCUT2D eigenvalue weighted by Crippen LogP contribution is 2.35. The molecular weight excluding hydrogens is 330 g/mol. The summed E-state index contributed by atoms with van der Waals surface area (Å²) in [6, 6.07) is 7.64. The van der Waals surface area contributed by atoms with Gasteiger partial charge in [0.15, 0.2) is 5.82 Å². The van der Waals surface area contributed by atoms with Crippen LogP contribution in [0.5, 0.6) is 0 Å². The maximum Gasteiger partial charge on any atom is 0.253 e. The van der Waals surface area contributed by atoms with Crippen LogP contribution in [0, 0.1) is 19.8 Å². The maximum absolute atomic E-state index is 12.6. The molecule has 2 aromatic heterocycles. The summed E-state index contributed by atoms with van der Waals surface area (Å²) in [5.41, 5.74) is 2.45. The van der Waals surface area contributed by atoms with E-state index in [0.29, 0.717) is 5.92 Å². The third-order valence-corrected chi connectivity index (χ3v) is 5.22. The van der Waals surface area contributed by atoms with Crippen molar-refractivity contribution >= 4 is 17.4 Å². The first-order chi connectivity index (χ1) is 12.6. The van der Waals surface area contributed by atoms with Crippen molar-refractivity contribution in [3.05, 3.63) is 41.9 Å². The van der Waals surface area contributed by atoms with E-state index in [2.05, 4.69) is 25.4 Å². The van der Waals surface area contributed by atoms with Crippen LogP contribution >= 0.6 is 0 Å². The van der Waals surface area contributed by atoms with Crippen LogP contribution in [0.15, 0.2) is 30.5 Å². The normalized spacial score (nSPS) is 25.0. The third-order valence-electron chi connectivity index (χ3n) is 5.22. The second-order valence-corrected chi connectivity index (χ2v) is 7.05. The van der Waals surface area contributed by atoms with Crippen molar-refractivity contribution in [1.29, 1.82) is 0 Å². The SMILES string of the molecule is Cc1ccc(N2CC[C@@H]3C[C@@H](C(=O)Nc4cccnc4C)O[C@H]3C2)nn1. The Morgan fingerprint density at radius 3 is 2.92 bits per heavy atom. The zero-order chi connectivity index (χ0) is 18.1. The van der Waals surface area contributed by atoms with Crippen molar-refractivity contribution in [2.45, 2.75) is 38.9 Å². The predicted octanol–water partition coefficient (Wildman–Crippen LogP) is 2.11. The quantitative estimate of drug-likeness (QED) is 0.910. The number of nitrogens with one attached hydrogen (secondary N) is 1. The van der Waals surface area contributed by atoms with Gasteiger partial charge in [-0.1, -0.05) is 0 Å². The zero-order valence-electron chi connectivity index (χ0n) is 15.1. The number of carbonyl (C=O) groups excluding carboxylic acids is 1. The van der Waals surface area contributed by atoms with Gasteiger partial charge in [0, 0.05) is 19.3 Å². The molecule has 0 radical (unpaired) electrons. The Kier molecular flexibility index (Phi) is 4.55. The smallest absolute Gasteiger partial charge is 0.253 e. The van der Waals surface area contributed by atoms with Gasteiger partial charge >= 0.3 is 0 Å². The summed E-state index contributed by atoms with van der Waals surface area (Å²) in [5, 5.41) is 11.4. The van der Waals surface area contributed by atoms with Crippen molar-refractivity contribution in [3.63, 3.8) is 0 Å². The molecule has 3 atom stereocenters. The molecule has 0 spiro atoms. The number of hydrogen-bond acceptors (Lipinski definition) is 6. The number of piperidine rings is 1. The molecule has 0 aliphatic carbocycles. The van der Waals surface area contributed by atoms with Gasteiger partial charge in [0.2, 0.25) is 0 Å². The summed E-state index contributed by atoms with van der Waals surface area (Å²) in [6.07, 6.45) is 3.12. The number of amides is 1. The lowest BCUT2D eigenvalue weighted by Crippen LogP contribution is -2.43. The summed E-state index contributed by atoms with van der Waals surface area (Å²) in [4.78, 5) is 19.0. The van der Waals surface area contributed by atoms with E-state index in [1.54, 1.807) is 6.20 Å². The molecular formula is C19H23N5O2. The van der Waals surface area contributed by atoms with E-state index in [0.717, 1.165) is 48.8 Å². The van der Waals surface area contributed by atoms with E-state index in [4.69, 9.17) is 4.74 Å². The van der Waals surface area contributed by atoms with Crippen LogP contribution < -0.4 is 10.2 Å². The van der Waals surface area contributed by atoms with Crippen LogP contribution in [0.25, 0.3) is 0 Å². The molecule has 2 aromatic rings. The lowest BCUT2D eigenvalue weighted by molar-refractivity contribution is -0.126. The van der Waals surface area contributed by atoms with Crippen molar-refractivity contribution in [1.82, 2.24) is 15.2 Å². The van der Waals surface area contributed by atoms with Gasteiger partial charge in [-0.2, -0.15) is 5.10 Å². The predicted molar refractivity (Wildman–Crippen MR) is 98.0 cm³/mol. The Bertz CT molecular complexity index is 795. The van der Waals surface area contributed by atoms with Crippen LogP contribution in [-0.4, -0.2) is 46.4 Å². The highest BCUT2D eigenvalue weighted by atomic mass is 16.5. The molecule has 2 aliphatic heterocycles. The summed E-state index contributed by atoms with van der Waals surface area (Å²) in [5.74, 6) is 1.20. The number of fused-ring (bicyclic) bond motifs is 1. The monoisotopic (exact) mass is 353 g/mol. The molecule has 0 bridgehead atoms. The van der Waals surface area contributed by atoms with Gasteiger partial charge in [0.1, 0.15) is 6.10 Å². The number of rotatable bonds is 3. The van der Waals surface area contributed by atoms with Gasteiger partial charge in [-0.15, -0.1) is 5.10 Å². The molecule has 2 saturated heterocycles.